The van der Waals surface area contributed by atoms with Crippen LogP contribution in [0.5, 0.6) is 0 Å². The lowest BCUT2D eigenvalue weighted by Gasteiger charge is -2.22. The fourth-order valence-electron chi connectivity index (χ4n) is 4.59. The molecule has 0 saturated carbocycles. The van der Waals surface area contributed by atoms with Crippen LogP contribution in [0.3, 0.4) is 0 Å². The first kappa shape index (κ1) is 23.9. The fourth-order valence-corrected chi connectivity index (χ4v) is 5.33. The van der Waals surface area contributed by atoms with E-state index in [4.69, 9.17) is 0 Å². The molecule has 0 radical (unpaired) electrons. The Hall–Kier alpha value is -3.82. The summed E-state index contributed by atoms with van der Waals surface area (Å²) in [6.07, 6.45) is 3.45. The topological polar surface area (TPSA) is 113 Å². The van der Waals surface area contributed by atoms with Gasteiger partial charge in [-0.3, -0.25) is 14.4 Å². The minimum absolute atomic E-state index is 0.0269. The van der Waals surface area contributed by atoms with Crippen molar-refractivity contribution in [2.24, 2.45) is 7.05 Å². The Labute approximate surface area is 211 Å². The predicted molar refractivity (Wildman–Crippen MR) is 140 cm³/mol. The van der Waals surface area contributed by atoms with Crippen molar-refractivity contribution in [3.05, 3.63) is 81.1 Å². The first-order chi connectivity index (χ1) is 17.3. The number of aromatic nitrogens is 2. The maximum atomic E-state index is 12.7. The minimum Gasteiger partial charge on any atom is -0.395 e. The summed E-state index contributed by atoms with van der Waals surface area (Å²) in [5, 5.41) is 18.8. The average Bonchev–Trinajstić information content (AvgIpc) is 3.49. The number of aryl methyl sites for hydroxylation is 2. The van der Waals surface area contributed by atoms with E-state index < -0.39 is 5.91 Å². The number of nitrogens with one attached hydrogen (secondary N) is 2. The number of benzene rings is 2. The van der Waals surface area contributed by atoms with Gasteiger partial charge in [-0.05, 0) is 53.6 Å². The molecule has 2 heterocycles. The molecule has 3 N–H and O–H groups in total. The molecule has 1 aliphatic rings. The van der Waals surface area contributed by atoms with Crippen LogP contribution in [0.15, 0.2) is 58.8 Å². The quantitative estimate of drug-likeness (QED) is 0.375. The van der Waals surface area contributed by atoms with Gasteiger partial charge < -0.3 is 20.3 Å². The van der Waals surface area contributed by atoms with Crippen molar-refractivity contribution in [1.29, 1.82) is 0 Å². The lowest BCUT2D eigenvalue weighted by molar-refractivity contribution is -0.115. The third-order valence-corrected chi connectivity index (χ3v) is 7.61. The number of hydrogen-bond acceptors (Lipinski definition) is 6. The molecule has 2 amide bonds. The van der Waals surface area contributed by atoms with E-state index in [0.29, 0.717) is 21.8 Å². The van der Waals surface area contributed by atoms with E-state index in [1.165, 1.54) is 15.9 Å². The molecular weight excluding hydrogens is 476 g/mol. The highest BCUT2D eigenvalue weighted by molar-refractivity contribution is 7.14. The second-order valence-electron chi connectivity index (χ2n) is 9.39. The zero-order valence-electron chi connectivity index (χ0n) is 20.0. The largest absolute Gasteiger partial charge is 0.395 e. The van der Waals surface area contributed by atoms with E-state index in [1.54, 1.807) is 25.4 Å². The van der Waals surface area contributed by atoms with Gasteiger partial charge in [0.05, 0.1) is 18.8 Å². The summed E-state index contributed by atoms with van der Waals surface area (Å²) >= 11 is 1.27. The van der Waals surface area contributed by atoms with E-state index in [-0.39, 0.29) is 30.0 Å². The molecule has 0 aliphatic heterocycles. The van der Waals surface area contributed by atoms with E-state index in [1.807, 2.05) is 42.6 Å². The molecule has 1 atom stereocenters. The number of thiazole rings is 1. The maximum absolute atomic E-state index is 12.7. The van der Waals surface area contributed by atoms with Gasteiger partial charge in [0.25, 0.3) is 11.5 Å². The van der Waals surface area contributed by atoms with Gasteiger partial charge in [0.2, 0.25) is 5.91 Å². The molecule has 184 valence electrons. The Kier molecular flexibility index (Phi) is 6.19. The zero-order chi connectivity index (χ0) is 25.4. The average molecular weight is 503 g/mol. The van der Waals surface area contributed by atoms with Crippen molar-refractivity contribution in [3.63, 3.8) is 0 Å². The zero-order valence-corrected chi connectivity index (χ0v) is 20.8. The number of fused-ring (bicyclic) bond motifs is 2. The second-order valence-corrected chi connectivity index (χ2v) is 10.3. The Morgan fingerprint density at radius 3 is 2.83 bits per heavy atom. The van der Waals surface area contributed by atoms with E-state index in [0.717, 1.165) is 34.9 Å². The maximum Gasteiger partial charge on any atom is 0.258 e. The number of pyridine rings is 1. The van der Waals surface area contributed by atoms with Crippen molar-refractivity contribution in [2.75, 3.05) is 18.5 Å². The molecule has 4 aromatic rings. The summed E-state index contributed by atoms with van der Waals surface area (Å²) in [6.45, 7) is 1.82. The first-order valence-electron chi connectivity index (χ1n) is 11.6. The lowest BCUT2D eigenvalue weighted by atomic mass is 9.84. The van der Waals surface area contributed by atoms with Crippen molar-refractivity contribution in [3.8, 4) is 11.3 Å². The molecule has 1 aliphatic carbocycles. The van der Waals surface area contributed by atoms with Crippen LogP contribution in [-0.4, -0.2) is 39.6 Å². The van der Waals surface area contributed by atoms with Gasteiger partial charge in [0.15, 0.2) is 5.13 Å². The molecule has 8 nitrogen and oxygen atoms in total. The fraction of sp³-hybridized carbons (Fsp3) is 0.259. The number of nitrogens with zero attached hydrogens (tertiary/aromatic N) is 2. The molecule has 0 unspecified atom stereocenters. The van der Waals surface area contributed by atoms with Crippen LogP contribution >= 0.6 is 11.3 Å². The molecule has 0 spiro atoms. The molecule has 5 rings (SSSR count). The molecule has 2 aromatic carbocycles. The monoisotopic (exact) mass is 502 g/mol. The summed E-state index contributed by atoms with van der Waals surface area (Å²) in [6, 6.07) is 12.9. The van der Waals surface area contributed by atoms with Crippen LogP contribution in [0.2, 0.25) is 0 Å². The van der Waals surface area contributed by atoms with Crippen LogP contribution in [0.1, 0.15) is 34.8 Å². The van der Waals surface area contributed by atoms with Gasteiger partial charge in [0, 0.05) is 40.6 Å². The molecule has 0 bridgehead atoms. The Morgan fingerprint density at radius 2 is 2.03 bits per heavy atom. The normalized spacial score (nSPS) is 16.6. The summed E-state index contributed by atoms with van der Waals surface area (Å²) in [4.78, 5) is 42.0. The van der Waals surface area contributed by atoms with Crippen molar-refractivity contribution in [1.82, 2.24) is 14.9 Å². The number of aliphatic hydroxyl groups excluding tert-OH is 1. The Balaban J connectivity index is 1.23. The van der Waals surface area contributed by atoms with Crippen molar-refractivity contribution < 1.29 is 14.7 Å². The summed E-state index contributed by atoms with van der Waals surface area (Å²) < 4.78 is 1.53. The highest BCUT2D eigenvalue weighted by atomic mass is 32.1. The number of rotatable bonds is 6. The molecule has 36 heavy (non-hydrogen) atoms. The number of aliphatic hydroxyl groups is 1. The van der Waals surface area contributed by atoms with Gasteiger partial charge in [-0.25, -0.2) is 4.98 Å². The van der Waals surface area contributed by atoms with Gasteiger partial charge in [-0.2, -0.15) is 0 Å². The minimum atomic E-state index is -0.391. The number of hydrogen-bond donors (Lipinski definition) is 3. The molecule has 2 aromatic heterocycles. The molecule has 9 heteroatoms. The number of amides is 2. The second kappa shape index (κ2) is 9.33. The number of carbonyl (C=O) groups is 2. The number of anilines is 1. The molecule has 0 fully saturated rings. The van der Waals surface area contributed by atoms with E-state index in [9.17, 15) is 19.5 Å². The van der Waals surface area contributed by atoms with Crippen LogP contribution in [-0.2, 0) is 23.7 Å². The third-order valence-electron chi connectivity index (χ3n) is 6.85. The van der Waals surface area contributed by atoms with Gasteiger partial charge in [-0.15, -0.1) is 11.3 Å². The number of carbonyl (C=O) groups excluding carboxylic acids is 2. The van der Waals surface area contributed by atoms with Gasteiger partial charge in [-0.1, -0.05) is 25.1 Å². The Morgan fingerprint density at radius 1 is 1.19 bits per heavy atom. The van der Waals surface area contributed by atoms with E-state index in [2.05, 4.69) is 15.6 Å². The van der Waals surface area contributed by atoms with Crippen LogP contribution in [0, 0.1) is 0 Å². The molecule has 0 saturated heterocycles. The summed E-state index contributed by atoms with van der Waals surface area (Å²) in [5.74, 6) is -0.740. The van der Waals surface area contributed by atoms with Crippen LogP contribution < -0.4 is 16.2 Å². The smallest absolute Gasteiger partial charge is 0.258 e. The van der Waals surface area contributed by atoms with Crippen molar-refractivity contribution >= 4 is 39.1 Å². The first-order valence-corrected chi connectivity index (χ1v) is 12.5. The standard InChI is InChI=1S/C27H26N4O4S/c1-27(15-32)9-7-17-4-6-19(12-21(17)27)24(34)28-13-23(33)30-26-29-22(14-36-26)18-5-3-16-8-10-31(2)25(35)20(16)11-18/h3-6,8,10-12,14,32H,7,9,13,15H2,1-2H3,(H,28,34)(H,29,30,33)/t27-/m1/s1. The summed E-state index contributed by atoms with van der Waals surface area (Å²) in [7, 11) is 1.71. The predicted octanol–water partition coefficient (Wildman–Crippen LogP) is 3.23. The van der Waals surface area contributed by atoms with Crippen molar-refractivity contribution in [2.45, 2.75) is 25.2 Å². The van der Waals surface area contributed by atoms with Crippen LogP contribution in [0.4, 0.5) is 5.13 Å². The molecular formula is C27H26N4O4S. The SMILES string of the molecule is Cn1ccc2ccc(-c3csc(NC(=O)CNC(=O)c4ccc5c(c4)[C@@](C)(CO)CC5)n3)cc2c1=O. The van der Waals surface area contributed by atoms with E-state index >= 15 is 0 Å². The Bertz CT molecular complexity index is 1560. The third kappa shape index (κ3) is 4.43. The highest BCUT2D eigenvalue weighted by Gasteiger charge is 2.34. The lowest BCUT2D eigenvalue weighted by Crippen LogP contribution is -2.33. The van der Waals surface area contributed by atoms with Gasteiger partial charge in [0.1, 0.15) is 0 Å². The summed E-state index contributed by atoms with van der Waals surface area (Å²) in [5.41, 5.74) is 3.60. The van der Waals surface area contributed by atoms with Crippen LogP contribution in [0.25, 0.3) is 22.0 Å². The highest BCUT2D eigenvalue weighted by Crippen LogP contribution is 2.38. The van der Waals surface area contributed by atoms with Gasteiger partial charge >= 0.3 is 0 Å².